The Morgan fingerprint density at radius 1 is 1.21 bits per heavy atom. The van der Waals surface area contributed by atoms with Gasteiger partial charge in [0.05, 0.1) is 34.0 Å². The van der Waals surface area contributed by atoms with Gasteiger partial charge in [0.25, 0.3) is 0 Å². The second-order valence-electron chi connectivity index (χ2n) is 9.96. The molecule has 166 valence electrons. The fourth-order valence-electron chi connectivity index (χ4n) is 3.17. The minimum Gasteiger partial charge on any atom is -0.463 e. The summed E-state index contributed by atoms with van der Waals surface area (Å²) in [4.78, 5) is 19.2. The zero-order valence-corrected chi connectivity index (χ0v) is 21.2. The number of aromatic nitrogens is 1. The van der Waals surface area contributed by atoms with Crippen molar-refractivity contribution in [3.05, 3.63) is 21.4 Å². The Labute approximate surface area is 185 Å². The standard InChI is InChI=1S/C19H29BrN2O2.C4H10O/c1-12(2)24-16(23)11-15-13(3)21-14(4)17(20)18(15)22-9-7-19(5,6)8-10-22;1-4(2,3)5/h12H,7-11H2,1-6H3;5H,1-3H3. The average molecular weight is 471 g/mol. The predicted octanol–water partition coefficient (Wildman–Crippen LogP) is 5.36. The molecule has 0 radical (unpaired) electrons. The van der Waals surface area contributed by atoms with Crippen LogP contribution in [0.25, 0.3) is 0 Å². The first-order valence-corrected chi connectivity index (χ1v) is 11.2. The molecule has 0 unspecified atom stereocenters. The van der Waals surface area contributed by atoms with Crippen molar-refractivity contribution in [2.75, 3.05) is 18.0 Å². The molecule has 0 spiro atoms. The lowest BCUT2D eigenvalue weighted by Gasteiger charge is -2.39. The fourth-order valence-corrected chi connectivity index (χ4v) is 3.75. The van der Waals surface area contributed by atoms with E-state index in [0.717, 1.165) is 53.0 Å². The third-order valence-corrected chi connectivity index (χ3v) is 5.65. The molecule has 0 bridgehead atoms. The van der Waals surface area contributed by atoms with Gasteiger partial charge in [-0.1, -0.05) is 13.8 Å². The van der Waals surface area contributed by atoms with Crippen LogP contribution in [0.1, 0.15) is 78.3 Å². The lowest BCUT2D eigenvalue weighted by molar-refractivity contribution is -0.146. The minimum atomic E-state index is -0.500. The van der Waals surface area contributed by atoms with Crippen LogP contribution in [-0.4, -0.2) is 40.9 Å². The van der Waals surface area contributed by atoms with E-state index in [2.05, 4.69) is 39.7 Å². The number of aryl methyl sites for hydroxylation is 2. The highest BCUT2D eigenvalue weighted by molar-refractivity contribution is 9.10. The van der Waals surface area contributed by atoms with Gasteiger partial charge >= 0.3 is 5.97 Å². The largest absolute Gasteiger partial charge is 0.463 e. The van der Waals surface area contributed by atoms with Crippen molar-refractivity contribution in [2.45, 2.75) is 93.3 Å². The Morgan fingerprint density at radius 3 is 2.14 bits per heavy atom. The number of aliphatic hydroxyl groups is 1. The van der Waals surface area contributed by atoms with Gasteiger partial charge < -0.3 is 14.7 Å². The normalized spacial score (nSPS) is 16.3. The predicted molar refractivity (Wildman–Crippen MR) is 124 cm³/mol. The summed E-state index contributed by atoms with van der Waals surface area (Å²) in [5.41, 5.74) is 3.87. The number of ether oxygens (including phenoxy) is 1. The molecule has 1 aliphatic rings. The maximum absolute atomic E-state index is 12.2. The summed E-state index contributed by atoms with van der Waals surface area (Å²) in [5, 5.41) is 8.52. The van der Waals surface area contributed by atoms with Crippen molar-refractivity contribution in [2.24, 2.45) is 5.41 Å². The number of hydrogen-bond donors (Lipinski definition) is 1. The van der Waals surface area contributed by atoms with E-state index in [1.807, 2.05) is 27.7 Å². The van der Waals surface area contributed by atoms with E-state index in [9.17, 15) is 4.79 Å². The van der Waals surface area contributed by atoms with Gasteiger partial charge in [-0.3, -0.25) is 9.78 Å². The molecule has 0 saturated carbocycles. The van der Waals surface area contributed by atoms with Crippen LogP contribution in [0.5, 0.6) is 0 Å². The van der Waals surface area contributed by atoms with Crippen molar-refractivity contribution < 1.29 is 14.6 Å². The number of nitrogens with zero attached hydrogens (tertiary/aromatic N) is 2. The smallest absolute Gasteiger partial charge is 0.310 e. The lowest BCUT2D eigenvalue weighted by Crippen LogP contribution is -2.38. The summed E-state index contributed by atoms with van der Waals surface area (Å²) < 4.78 is 6.35. The van der Waals surface area contributed by atoms with Crippen LogP contribution in [-0.2, 0) is 16.0 Å². The molecule has 1 saturated heterocycles. The molecule has 1 fully saturated rings. The molecule has 2 heterocycles. The quantitative estimate of drug-likeness (QED) is 0.599. The van der Waals surface area contributed by atoms with Crippen LogP contribution in [0, 0.1) is 19.3 Å². The van der Waals surface area contributed by atoms with E-state index < -0.39 is 5.60 Å². The second-order valence-corrected chi connectivity index (χ2v) is 10.8. The molecule has 1 aromatic heterocycles. The maximum Gasteiger partial charge on any atom is 0.310 e. The van der Waals surface area contributed by atoms with Gasteiger partial charge in [-0.25, -0.2) is 0 Å². The maximum atomic E-state index is 12.2. The van der Waals surface area contributed by atoms with Crippen LogP contribution in [0.2, 0.25) is 0 Å². The zero-order valence-electron chi connectivity index (χ0n) is 19.6. The summed E-state index contributed by atoms with van der Waals surface area (Å²) in [5.74, 6) is -0.191. The highest BCUT2D eigenvalue weighted by atomic mass is 79.9. The van der Waals surface area contributed by atoms with Crippen molar-refractivity contribution in [3.8, 4) is 0 Å². The number of piperidine rings is 1. The van der Waals surface area contributed by atoms with E-state index >= 15 is 0 Å². The van der Waals surface area contributed by atoms with Crippen LogP contribution in [0.15, 0.2) is 4.47 Å². The van der Waals surface area contributed by atoms with Crippen LogP contribution >= 0.6 is 15.9 Å². The van der Waals surface area contributed by atoms with Gasteiger partial charge in [-0.15, -0.1) is 0 Å². The van der Waals surface area contributed by atoms with Crippen molar-refractivity contribution in [3.63, 3.8) is 0 Å². The number of esters is 1. The summed E-state index contributed by atoms with van der Waals surface area (Å²) in [6.07, 6.45) is 2.47. The summed E-state index contributed by atoms with van der Waals surface area (Å²) in [7, 11) is 0. The molecule has 2 rings (SSSR count). The van der Waals surface area contributed by atoms with Crippen LogP contribution < -0.4 is 4.90 Å². The molecule has 0 aromatic carbocycles. The molecular weight excluding hydrogens is 432 g/mol. The molecule has 1 aromatic rings. The second kappa shape index (κ2) is 10.3. The number of hydrogen-bond acceptors (Lipinski definition) is 5. The summed E-state index contributed by atoms with van der Waals surface area (Å²) >= 11 is 3.71. The summed E-state index contributed by atoms with van der Waals surface area (Å²) in [6.45, 7) is 19.6. The fraction of sp³-hybridized carbons (Fsp3) is 0.739. The Bertz CT molecular complexity index is 693. The highest BCUT2D eigenvalue weighted by Gasteiger charge is 2.29. The van der Waals surface area contributed by atoms with E-state index in [-0.39, 0.29) is 18.5 Å². The number of pyridine rings is 1. The van der Waals surface area contributed by atoms with Gasteiger partial charge in [-0.05, 0) is 82.7 Å². The molecule has 0 amide bonds. The van der Waals surface area contributed by atoms with Gasteiger partial charge in [0, 0.05) is 24.3 Å². The Kier molecular flexibility index (Phi) is 9.15. The van der Waals surface area contributed by atoms with Gasteiger partial charge in [-0.2, -0.15) is 0 Å². The highest BCUT2D eigenvalue weighted by Crippen LogP contribution is 2.39. The van der Waals surface area contributed by atoms with Crippen LogP contribution in [0.3, 0.4) is 0 Å². The first-order valence-electron chi connectivity index (χ1n) is 10.4. The molecule has 1 aliphatic heterocycles. The monoisotopic (exact) mass is 470 g/mol. The summed E-state index contributed by atoms with van der Waals surface area (Å²) in [6, 6.07) is 0. The minimum absolute atomic E-state index is 0.0982. The first kappa shape index (κ1) is 25.9. The molecule has 6 heteroatoms. The first-order chi connectivity index (χ1) is 13.1. The van der Waals surface area contributed by atoms with Gasteiger partial charge in [0.2, 0.25) is 0 Å². The van der Waals surface area contributed by atoms with E-state index in [0.29, 0.717) is 5.41 Å². The molecule has 1 N–H and O–H groups in total. The molecule has 29 heavy (non-hydrogen) atoms. The number of anilines is 1. The van der Waals surface area contributed by atoms with Gasteiger partial charge in [0.1, 0.15) is 0 Å². The Balaban J connectivity index is 0.000000749. The van der Waals surface area contributed by atoms with E-state index in [4.69, 9.17) is 9.84 Å². The Hall–Kier alpha value is -1.14. The average Bonchev–Trinajstić information content (AvgIpc) is 2.51. The van der Waals surface area contributed by atoms with Crippen molar-refractivity contribution >= 4 is 27.6 Å². The lowest BCUT2D eigenvalue weighted by atomic mass is 9.82. The third kappa shape index (κ3) is 9.04. The number of carbonyl (C=O) groups excluding carboxylic acids is 1. The van der Waals surface area contributed by atoms with E-state index in [1.165, 1.54) is 0 Å². The number of halogens is 1. The molecule has 5 nitrogen and oxygen atoms in total. The van der Waals surface area contributed by atoms with E-state index in [1.54, 1.807) is 20.8 Å². The Morgan fingerprint density at radius 2 is 1.69 bits per heavy atom. The van der Waals surface area contributed by atoms with Crippen molar-refractivity contribution in [1.82, 2.24) is 4.98 Å². The molecule has 0 atom stereocenters. The van der Waals surface area contributed by atoms with Crippen LogP contribution in [0.4, 0.5) is 5.69 Å². The number of rotatable bonds is 4. The zero-order chi connectivity index (χ0) is 22.6. The van der Waals surface area contributed by atoms with Crippen molar-refractivity contribution in [1.29, 1.82) is 0 Å². The number of carbonyl (C=O) groups is 1. The topological polar surface area (TPSA) is 62.7 Å². The third-order valence-electron chi connectivity index (χ3n) is 4.71. The van der Waals surface area contributed by atoms with Gasteiger partial charge in [0.15, 0.2) is 0 Å². The SMILES string of the molecule is CC(C)(C)O.Cc1nc(C)c(CC(=O)OC(C)C)c(N2CCC(C)(C)CC2)c1Br. The molecule has 0 aliphatic carbocycles. The molecular formula is C23H39BrN2O3.